The summed E-state index contributed by atoms with van der Waals surface area (Å²) in [4.78, 5) is 20.6. The summed E-state index contributed by atoms with van der Waals surface area (Å²) in [5.41, 5.74) is 7.85. The quantitative estimate of drug-likeness (QED) is 0.518. The number of carbonyl (C=O) groups is 1. The molecule has 0 aliphatic heterocycles. The number of carbonyl (C=O) groups excluding carboxylic acids is 1. The van der Waals surface area contributed by atoms with Crippen LogP contribution in [0.25, 0.3) is 22.2 Å². The van der Waals surface area contributed by atoms with E-state index >= 15 is 0 Å². The van der Waals surface area contributed by atoms with Crippen LogP contribution in [-0.4, -0.2) is 15.8 Å². The van der Waals surface area contributed by atoms with Crippen LogP contribution >= 0.6 is 0 Å². The number of ketones is 1. The van der Waals surface area contributed by atoms with Gasteiger partial charge in [0.2, 0.25) is 0 Å². The van der Waals surface area contributed by atoms with Gasteiger partial charge in [-0.15, -0.1) is 0 Å². The first-order valence-corrected chi connectivity index (χ1v) is 8.88. The summed E-state index contributed by atoms with van der Waals surface area (Å²) >= 11 is 0. The second-order valence-electron chi connectivity index (χ2n) is 6.90. The molecular weight excluding hydrogens is 320 g/mol. The zero-order valence-electron chi connectivity index (χ0n) is 14.5. The molecule has 26 heavy (non-hydrogen) atoms. The van der Waals surface area contributed by atoms with Crippen molar-refractivity contribution >= 4 is 16.8 Å². The molecule has 1 N–H and O–H groups in total. The summed E-state index contributed by atoms with van der Waals surface area (Å²) in [5, 5.41) is 0.897. The molecule has 0 spiro atoms. The topological polar surface area (TPSA) is 45.8 Å². The zero-order chi connectivity index (χ0) is 17.7. The average molecular weight is 338 g/mol. The van der Waals surface area contributed by atoms with Crippen LogP contribution in [0.3, 0.4) is 0 Å². The lowest BCUT2D eigenvalue weighted by atomic mass is 9.89. The van der Waals surface area contributed by atoms with Crippen molar-refractivity contribution < 1.29 is 4.79 Å². The molecule has 4 aromatic rings. The summed E-state index contributed by atoms with van der Waals surface area (Å²) in [7, 11) is 0. The summed E-state index contributed by atoms with van der Waals surface area (Å²) in [6, 6.07) is 18.6. The number of pyridine rings is 1. The number of aromatic nitrogens is 2. The van der Waals surface area contributed by atoms with E-state index in [2.05, 4.69) is 59.4 Å². The molecule has 0 amide bonds. The van der Waals surface area contributed by atoms with Crippen LogP contribution in [0.1, 0.15) is 39.4 Å². The number of hydrogen-bond acceptors (Lipinski definition) is 2. The lowest BCUT2D eigenvalue weighted by Gasteiger charge is -2.13. The number of H-pyrrole nitrogens is 1. The zero-order valence-corrected chi connectivity index (χ0v) is 14.5. The van der Waals surface area contributed by atoms with Gasteiger partial charge in [0.25, 0.3) is 0 Å². The van der Waals surface area contributed by atoms with Gasteiger partial charge < -0.3 is 4.98 Å². The van der Waals surface area contributed by atoms with Gasteiger partial charge in [0.1, 0.15) is 5.65 Å². The normalized spacial score (nSPS) is 15.0. The van der Waals surface area contributed by atoms with Crippen molar-refractivity contribution in [2.24, 2.45) is 0 Å². The molecular formula is C23H18N2O. The van der Waals surface area contributed by atoms with Crippen LogP contribution < -0.4 is 0 Å². The number of aromatic amines is 1. The molecule has 126 valence electrons. The van der Waals surface area contributed by atoms with E-state index in [0.29, 0.717) is 6.42 Å². The molecule has 0 saturated heterocycles. The highest BCUT2D eigenvalue weighted by atomic mass is 16.1. The van der Waals surface area contributed by atoms with E-state index < -0.39 is 0 Å². The number of nitrogens with zero attached hydrogens (tertiary/aromatic N) is 1. The molecule has 5 rings (SSSR count). The van der Waals surface area contributed by atoms with Crippen LogP contribution in [0.2, 0.25) is 0 Å². The average Bonchev–Trinajstić information content (AvgIpc) is 3.26. The number of nitrogens with one attached hydrogen (secondary N) is 1. The lowest BCUT2D eigenvalue weighted by Crippen LogP contribution is -2.07. The van der Waals surface area contributed by atoms with E-state index in [1.165, 1.54) is 27.8 Å². The van der Waals surface area contributed by atoms with Crippen molar-refractivity contribution in [3.05, 3.63) is 89.2 Å². The Morgan fingerprint density at radius 3 is 2.81 bits per heavy atom. The first-order valence-electron chi connectivity index (χ1n) is 8.88. The Kier molecular flexibility index (Phi) is 3.29. The van der Waals surface area contributed by atoms with Crippen molar-refractivity contribution in [3.8, 4) is 11.1 Å². The second kappa shape index (κ2) is 5.67. The Hall–Kier alpha value is -3.20. The number of hydrogen-bond donors (Lipinski definition) is 1. The molecule has 3 heteroatoms. The van der Waals surface area contributed by atoms with Crippen molar-refractivity contribution in [2.45, 2.75) is 19.3 Å². The first kappa shape index (κ1) is 15.1. The maximum Gasteiger partial charge on any atom is 0.164 e. The molecule has 3 nitrogen and oxygen atoms in total. The maximum atomic E-state index is 13.2. The molecule has 0 fully saturated rings. The Labute approximate surface area is 151 Å². The number of benzene rings is 2. The number of Topliss-reactive ketones (excluding diaryl/α,β-unsaturated/α-hetero) is 1. The molecule has 1 unspecified atom stereocenters. The van der Waals surface area contributed by atoms with Gasteiger partial charge in [-0.2, -0.15) is 0 Å². The molecule has 0 saturated carbocycles. The third kappa shape index (κ3) is 2.14. The lowest BCUT2D eigenvalue weighted by molar-refractivity contribution is 0.0979. The van der Waals surface area contributed by atoms with E-state index in [9.17, 15) is 4.79 Å². The summed E-state index contributed by atoms with van der Waals surface area (Å²) in [6.07, 6.45) is 4.00. The minimum Gasteiger partial charge on any atom is -0.346 e. The Balaban J connectivity index is 1.60. The van der Waals surface area contributed by atoms with E-state index in [1.807, 2.05) is 18.3 Å². The van der Waals surface area contributed by atoms with Gasteiger partial charge in [-0.1, -0.05) is 42.5 Å². The van der Waals surface area contributed by atoms with Crippen LogP contribution in [-0.2, 0) is 0 Å². The highest BCUT2D eigenvalue weighted by Crippen LogP contribution is 2.48. The molecule has 2 heterocycles. The Morgan fingerprint density at radius 1 is 1.04 bits per heavy atom. The summed E-state index contributed by atoms with van der Waals surface area (Å²) in [6.45, 7) is 2.14. The Bertz CT molecular complexity index is 1160. The van der Waals surface area contributed by atoms with E-state index in [0.717, 1.165) is 16.6 Å². The van der Waals surface area contributed by atoms with Crippen LogP contribution in [0.4, 0.5) is 0 Å². The van der Waals surface area contributed by atoms with Crippen LogP contribution in [0.5, 0.6) is 0 Å². The minimum absolute atomic E-state index is 0.107. The van der Waals surface area contributed by atoms with Crippen LogP contribution in [0, 0.1) is 6.92 Å². The highest BCUT2D eigenvalue weighted by Gasteiger charge is 2.31. The maximum absolute atomic E-state index is 13.2. The van der Waals surface area contributed by atoms with Crippen molar-refractivity contribution in [3.63, 3.8) is 0 Å². The standard InChI is InChI=1S/C23H18N2O/c1-14-5-4-8-18-20(15-6-2-3-7-17(15)22(14)18)13-21(26)16-9-11-24-23-19(16)10-12-25-23/h2-12,20H,13H2,1H3,(H,24,25). The van der Waals surface area contributed by atoms with E-state index in [-0.39, 0.29) is 11.7 Å². The number of aryl methyl sites for hydroxylation is 1. The van der Waals surface area contributed by atoms with Crippen LogP contribution in [0.15, 0.2) is 67.0 Å². The molecule has 2 aromatic heterocycles. The highest BCUT2D eigenvalue weighted by molar-refractivity contribution is 6.07. The molecule has 1 aliphatic rings. The van der Waals surface area contributed by atoms with Gasteiger partial charge in [0.05, 0.1) is 0 Å². The van der Waals surface area contributed by atoms with Gasteiger partial charge in [-0.25, -0.2) is 4.98 Å². The fourth-order valence-corrected chi connectivity index (χ4v) is 4.26. The second-order valence-corrected chi connectivity index (χ2v) is 6.90. The molecule has 1 atom stereocenters. The fraction of sp³-hybridized carbons (Fsp3) is 0.130. The Morgan fingerprint density at radius 2 is 1.88 bits per heavy atom. The van der Waals surface area contributed by atoms with Gasteiger partial charge in [0.15, 0.2) is 5.78 Å². The minimum atomic E-state index is 0.107. The predicted octanol–water partition coefficient (Wildman–Crippen LogP) is 5.26. The third-order valence-electron chi connectivity index (χ3n) is 5.44. The number of fused-ring (bicyclic) bond motifs is 4. The third-order valence-corrected chi connectivity index (χ3v) is 5.44. The van der Waals surface area contributed by atoms with Crippen molar-refractivity contribution in [1.82, 2.24) is 9.97 Å². The SMILES string of the molecule is Cc1cccc2c1-c1ccccc1C2CC(=O)c1ccnc2[nH]ccc12. The molecule has 1 aliphatic carbocycles. The predicted molar refractivity (Wildman–Crippen MR) is 103 cm³/mol. The first-order chi connectivity index (χ1) is 12.7. The fourth-order valence-electron chi connectivity index (χ4n) is 4.26. The molecule has 0 radical (unpaired) electrons. The number of rotatable bonds is 3. The summed E-state index contributed by atoms with van der Waals surface area (Å²) in [5.74, 6) is 0.266. The van der Waals surface area contributed by atoms with Gasteiger partial charge in [0, 0.05) is 35.7 Å². The van der Waals surface area contributed by atoms with Crippen molar-refractivity contribution in [1.29, 1.82) is 0 Å². The van der Waals surface area contributed by atoms with E-state index in [1.54, 1.807) is 6.20 Å². The molecule has 2 aromatic carbocycles. The summed E-state index contributed by atoms with van der Waals surface area (Å²) < 4.78 is 0. The van der Waals surface area contributed by atoms with Gasteiger partial charge in [-0.3, -0.25) is 4.79 Å². The smallest absolute Gasteiger partial charge is 0.164 e. The monoisotopic (exact) mass is 338 g/mol. The van der Waals surface area contributed by atoms with E-state index in [4.69, 9.17) is 0 Å². The molecule has 0 bridgehead atoms. The van der Waals surface area contributed by atoms with Crippen molar-refractivity contribution in [2.75, 3.05) is 0 Å². The van der Waals surface area contributed by atoms with Gasteiger partial charge in [-0.05, 0) is 46.9 Å². The van der Waals surface area contributed by atoms with Gasteiger partial charge >= 0.3 is 0 Å². The largest absolute Gasteiger partial charge is 0.346 e.